The van der Waals surface area contributed by atoms with Crippen molar-refractivity contribution in [3.63, 3.8) is 0 Å². The molecule has 1 amide bonds. The molecule has 2 aromatic rings. The summed E-state index contributed by atoms with van der Waals surface area (Å²) in [6.45, 7) is 5.94. The molecule has 0 N–H and O–H groups in total. The number of amides is 1. The van der Waals surface area contributed by atoms with E-state index in [9.17, 15) is 14.4 Å². The molecule has 1 saturated heterocycles. The number of hydrogen-bond donors (Lipinski definition) is 0. The summed E-state index contributed by atoms with van der Waals surface area (Å²) in [6.07, 6.45) is 1.85. The first kappa shape index (κ1) is 19.7. The number of aryl methyl sites for hydroxylation is 2. The molecule has 2 atom stereocenters. The molecule has 1 aromatic heterocycles. The van der Waals surface area contributed by atoms with E-state index in [2.05, 4.69) is 4.98 Å². The number of rotatable bonds is 5. The van der Waals surface area contributed by atoms with Crippen molar-refractivity contribution >= 4 is 17.7 Å². The Morgan fingerprint density at radius 2 is 1.93 bits per heavy atom. The normalized spacial score (nSPS) is 17.2. The van der Waals surface area contributed by atoms with Crippen molar-refractivity contribution in [1.82, 2.24) is 9.88 Å². The number of nitrogens with zero attached hydrogens (tertiary/aromatic N) is 2. The van der Waals surface area contributed by atoms with Gasteiger partial charge in [-0.25, -0.2) is 4.79 Å². The summed E-state index contributed by atoms with van der Waals surface area (Å²) in [5, 5.41) is 0. The van der Waals surface area contributed by atoms with Crippen molar-refractivity contribution in [3.05, 3.63) is 65.0 Å². The minimum Gasteiger partial charge on any atom is -0.453 e. The first-order valence-electron chi connectivity index (χ1n) is 9.42. The quantitative estimate of drug-likeness (QED) is 0.588. The molecule has 1 unspecified atom stereocenters. The molecule has 0 radical (unpaired) electrons. The molecular weight excluding hydrogens is 356 g/mol. The second kappa shape index (κ2) is 8.33. The highest BCUT2D eigenvalue weighted by Crippen LogP contribution is 2.22. The van der Waals surface area contributed by atoms with Crippen LogP contribution in [0.25, 0.3) is 0 Å². The van der Waals surface area contributed by atoms with Gasteiger partial charge in [0.05, 0.1) is 0 Å². The molecule has 2 heterocycles. The molecule has 6 heteroatoms. The third kappa shape index (κ3) is 4.11. The van der Waals surface area contributed by atoms with Gasteiger partial charge in [0.15, 0.2) is 6.10 Å². The number of ketones is 1. The van der Waals surface area contributed by atoms with Gasteiger partial charge in [-0.1, -0.05) is 18.2 Å². The van der Waals surface area contributed by atoms with Crippen LogP contribution >= 0.6 is 0 Å². The molecule has 1 aliphatic rings. The number of aromatic nitrogens is 1. The van der Waals surface area contributed by atoms with Crippen LogP contribution in [0, 0.1) is 13.8 Å². The Hall–Kier alpha value is -3.02. The van der Waals surface area contributed by atoms with Crippen molar-refractivity contribution in [2.24, 2.45) is 0 Å². The van der Waals surface area contributed by atoms with E-state index >= 15 is 0 Å². The first-order valence-corrected chi connectivity index (χ1v) is 9.42. The van der Waals surface area contributed by atoms with E-state index < -0.39 is 18.1 Å². The van der Waals surface area contributed by atoms with Gasteiger partial charge in [-0.05, 0) is 62.9 Å². The van der Waals surface area contributed by atoms with Gasteiger partial charge in [-0.15, -0.1) is 0 Å². The lowest BCUT2D eigenvalue weighted by atomic mass is 10.0. The van der Waals surface area contributed by atoms with E-state index in [0.29, 0.717) is 30.6 Å². The average molecular weight is 380 g/mol. The minimum absolute atomic E-state index is 0.253. The van der Waals surface area contributed by atoms with Gasteiger partial charge in [-0.2, -0.15) is 0 Å². The van der Waals surface area contributed by atoms with E-state index in [0.717, 1.165) is 11.1 Å². The zero-order valence-corrected chi connectivity index (χ0v) is 16.3. The van der Waals surface area contributed by atoms with Crippen LogP contribution < -0.4 is 0 Å². The number of carbonyl (C=O) groups is 3. The van der Waals surface area contributed by atoms with Crippen LogP contribution in [0.15, 0.2) is 42.6 Å². The van der Waals surface area contributed by atoms with E-state index in [1.54, 1.807) is 43.5 Å². The van der Waals surface area contributed by atoms with Crippen LogP contribution in [0.3, 0.4) is 0 Å². The molecule has 0 bridgehead atoms. The smallest absolute Gasteiger partial charge is 0.329 e. The van der Waals surface area contributed by atoms with E-state index in [4.69, 9.17) is 4.74 Å². The summed E-state index contributed by atoms with van der Waals surface area (Å²) in [4.78, 5) is 43.5. The molecule has 0 aliphatic carbocycles. The van der Waals surface area contributed by atoms with Gasteiger partial charge >= 0.3 is 5.97 Å². The second-order valence-electron chi connectivity index (χ2n) is 7.11. The van der Waals surface area contributed by atoms with Crippen LogP contribution in [0.4, 0.5) is 0 Å². The Balaban J connectivity index is 1.68. The first-order chi connectivity index (χ1) is 13.4. The maximum absolute atomic E-state index is 12.7. The summed E-state index contributed by atoms with van der Waals surface area (Å²) in [5.74, 6) is -1.10. The van der Waals surface area contributed by atoms with Gasteiger partial charge in [0.1, 0.15) is 11.7 Å². The molecule has 1 fully saturated rings. The van der Waals surface area contributed by atoms with Gasteiger partial charge in [0.2, 0.25) is 5.78 Å². The summed E-state index contributed by atoms with van der Waals surface area (Å²) in [5.41, 5.74) is 2.90. The summed E-state index contributed by atoms with van der Waals surface area (Å²) >= 11 is 0. The lowest BCUT2D eigenvalue weighted by Crippen LogP contribution is -2.43. The van der Waals surface area contributed by atoms with E-state index in [-0.39, 0.29) is 11.7 Å². The second-order valence-corrected chi connectivity index (χ2v) is 7.11. The monoisotopic (exact) mass is 380 g/mol. The topological polar surface area (TPSA) is 76.6 Å². The zero-order chi connectivity index (χ0) is 20.3. The third-order valence-corrected chi connectivity index (χ3v) is 5.12. The molecule has 1 aromatic carbocycles. The number of esters is 1. The molecule has 146 valence electrons. The number of benzene rings is 1. The summed E-state index contributed by atoms with van der Waals surface area (Å²) in [7, 11) is 0. The largest absolute Gasteiger partial charge is 0.453 e. The highest BCUT2D eigenvalue weighted by Gasteiger charge is 2.37. The number of hydrogen-bond acceptors (Lipinski definition) is 5. The Morgan fingerprint density at radius 3 is 2.61 bits per heavy atom. The number of pyridine rings is 1. The SMILES string of the molecule is Cc1ccc(C(=O)C(C)OC(=O)[C@@H]2CCCN2C(=O)c2ccccn2)cc1C. The van der Waals surface area contributed by atoms with Gasteiger partial charge in [0, 0.05) is 18.3 Å². The molecule has 6 nitrogen and oxygen atoms in total. The fourth-order valence-corrected chi connectivity index (χ4v) is 3.33. The Kier molecular flexibility index (Phi) is 5.87. The lowest BCUT2D eigenvalue weighted by molar-refractivity contribution is -0.150. The molecule has 3 rings (SSSR count). The van der Waals surface area contributed by atoms with Gasteiger partial charge in [-0.3, -0.25) is 14.6 Å². The Labute approximate surface area is 164 Å². The third-order valence-electron chi connectivity index (χ3n) is 5.12. The Morgan fingerprint density at radius 1 is 1.14 bits per heavy atom. The van der Waals surface area contributed by atoms with Crippen molar-refractivity contribution in [2.75, 3.05) is 6.54 Å². The van der Waals surface area contributed by atoms with E-state index in [1.165, 1.54) is 4.90 Å². The van der Waals surface area contributed by atoms with E-state index in [1.807, 2.05) is 19.9 Å². The van der Waals surface area contributed by atoms with Crippen molar-refractivity contribution in [1.29, 1.82) is 0 Å². The van der Waals surface area contributed by atoms with Crippen LogP contribution in [0.2, 0.25) is 0 Å². The van der Waals surface area contributed by atoms with Crippen LogP contribution in [0.1, 0.15) is 51.7 Å². The van der Waals surface area contributed by atoms with Crippen LogP contribution in [-0.2, 0) is 9.53 Å². The van der Waals surface area contributed by atoms with Gasteiger partial charge < -0.3 is 9.64 Å². The predicted octanol–water partition coefficient (Wildman–Crippen LogP) is 3.12. The fourth-order valence-electron chi connectivity index (χ4n) is 3.33. The highest BCUT2D eigenvalue weighted by molar-refractivity contribution is 6.01. The molecule has 28 heavy (non-hydrogen) atoms. The van der Waals surface area contributed by atoms with Crippen molar-refractivity contribution < 1.29 is 19.1 Å². The number of likely N-dealkylation sites (tertiary alicyclic amines) is 1. The fraction of sp³-hybridized carbons (Fsp3) is 0.364. The predicted molar refractivity (Wildman–Crippen MR) is 104 cm³/mol. The molecule has 1 aliphatic heterocycles. The summed E-state index contributed by atoms with van der Waals surface area (Å²) in [6, 6.07) is 9.80. The molecule has 0 saturated carbocycles. The lowest BCUT2D eigenvalue weighted by Gasteiger charge is -2.24. The number of carbonyl (C=O) groups excluding carboxylic acids is 3. The number of Topliss-reactive ketones (excluding diaryl/α,β-unsaturated/α-hetero) is 1. The average Bonchev–Trinajstić information content (AvgIpc) is 3.19. The van der Waals surface area contributed by atoms with Crippen LogP contribution in [-0.4, -0.2) is 46.2 Å². The summed E-state index contributed by atoms with van der Waals surface area (Å²) < 4.78 is 5.43. The standard InChI is InChI=1S/C22H24N2O4/c1-14-9-10-17(13-15(14)2)20(25)16(3)28-22(27)19-8-6-12-24(19)21(26)18-7-4-5-11-23-18/h4-5,7,9-11,13,16,19H,6,8,12H2,1-3H3/t16?,19-/m0/s1. The highest BCUT2D eigenvalue weighted by atomic mass is 16.5. The maximum Gasteiger partial charge on any atom is 0.329 e. The van der Waals surface area contributed by atoms with Crippen LogP contribution in [0.5, 0.6) is 0 Å². The van der Waals surface area contributed by atoms with Crippen molar-refractivity contribution in [2.45, 2.75) is 45.8 Å². The zero-order valence-electron chi connectivity index (χ0n) is 16.3. The number of ether oxygens (including phenoxy) is 1. The molecular formula is C22H24N2O4. The minimum atomic E-state index is -0.915. The molecule has 0 spiro atoms. The van der Waals surface area contributed by atoms with Gasteiger partial charge in [0.25, 0.3) is 5.91 Å². The maximum atomic E-state index is 12.7. The van der Waals surface area contributed by atoms with Crippen molar-refractivity contribution in [3.8, 4) is 0 Å². The Bertz CT molecular complexity index is 895.